The Morgan fingerprint density at radius 3 is 2.33 bits per heavy atom. The Morgan fingerprint density at radius 1 is 1.25 bits per heavy atom. The van der Waals surface area contributed by atoms with Gasteiger partial charge < -0.3 is 10.6 Å². The highest BCUT2D eigenvalue weighted by Gasteiger charge is 2.20. The summed E-state index contributed by atoms with van der Waals surface area (Å²) in [4.78, 5) is 4.38. The zero-order valence-corrected chi connectivity index (χ0v) is 17.1. The van der Waals surface area contributed by atoms with Crippen molar-refractivity contribution in [3.8, 4) is 0 Å². The molecule has 0 fully saturated rings. The Hall–Kier alpha value is -1.52. The molecule has 1 rings (SSSR count). The number of hydrogen-bond donors (Lipinski definition) is 2. The van der Waals surface area contributed by atoms with E-state index in [1.807, 2.05) is 18.8 Å². The summed E-state index contributed by atoms with van der Waals surface area (Å²) in [5, 5.41) is 11.5. The molecule has 1 heterocycles. The van der Waals surface area contributed by atoms with Crippen LogP contribution in [0.3, 0.4) is 0 Å². The molecule has 1 aromatic rings. The molecular formula is C19H37N5. The van der Waals surface area contributed by atoms with E-state index in [2.05, 4.69) is 69.2 Å². The van der Waals surface area contributed by atoms with Crippen LogP contribution in [0.25, 0.3) is 0 Å². The maximum absolute atomic E-state index is 4.50. The summed E-state index contributed by atoms with van der Waals surface area (Å²) < 4.78 is 1.96. The number of nitrogens with one attached hydrogen (secondary N) is 2. The highest BCUT2D eigenvalue weighted by atomic mass is 15.3. The maximum Gasteiger partial charge on any atom is 0.191 e. The van der Waals surface area contributed by atoms with Crippen molar-refractivity contribution in [2.45, 2.75) is 67.3 Å². The number of aryl methyl sites for hydroxylation is 2. The molecule has 0 aliphatic heterocycles. The van der Waals surface area contributed by atoms with Crippen molar-refractivity contribution in [3.63, 3.8) is 0 Å². The average molecular weight is 336 g/mol. The molecule has 138 valence electrons. The van der Waals surface area contributed by atoms with Crippen LogP contribution in [-0.4, -0.2) is 35.4 Å². The van der Waals surface area contributed by atoms with Crippen molar-refractivity contribution in [3.05, 3.63) is 17.0 Å². The van der Waals surface area contributed by atoms with Crippen LogP contribution in [0, 0.1) is 25.2 Å². The lowest BCUT2D eigenvalue weighted by molar-refractivity contribution is 0.286. The molecule has 0 amide bonds. The first-order valence-corrected chi connectivity index (χ1v) is 9.02. The van der Waals surface area contributed by atoms with E-state index < -0.39 is 0 Å². The first kappa shape index (κ1) is 20.5. The Bertz CT molecular complexity index is 554. The minimum absolute atomic E-state index is 0.256. The van der Waals surface area contributed by atoms with Crippen LogP contribution in [-0.2, 0) is 13.5 Å². The number of guanidine groups is 1. The van der Waals surface area contributed by atoms with Gasteiger partial charge in [-0.3, -0.25) is 9.67 Å². The molecule has 2 N–H and O–H groups in total. The fraction of sp³-hybridized carbons (Fsp3) is 0.789. The molecule has 24 heavy (non-hydrogen) atoms. The molecule has 1 atom stereocenters. The van der Waals surface area contributed by atoms with E-state index in [9.17, 15) is 0 Å². The van der Waals surface area contributed by atoms with Crippen LogP contribution >= 0.6 is 0 Å². The summed E-state index contributed by atoms with van der Waals surface area (Å²) >= 11 is 0. The zero-order valence-electron chi connectivity index (χ0n) is 17.1. The quantitative estimate of drug-likeness (QED) is 0.594. The maximum atomic E-state index is 4.50. The lowest BCUT2D eigenvalue weighted by atomic mass is 9.84. The van der Waals surface area contributed by atoms with Gasteiger partial charge in [0.05, 0.1) is 5.69 Å². The van der Waals surface area contributed by atoms with Gasteiger partial charge in [0.25, 0.3) is 0 Å². The van der Waals surface area contributed by atoms with Gasteiger partial charge in [-0.15, -0.1) is 0 Å². The van der Waals surface area contributed by atoms with Crippen LogP contribution in [0.2, 0.25) is 0 Å². The van der Waals surface area contributed by atoms with Gasteiger partial charge in [0.15, 0.2) is 5.96 Å². The first-order valence-electron chi connectivity index (χ1n) is 9.02. The van der Waals surface area contributed by atoms with Gasteiger partial charge in [-0.05, 0) is 50.5 Å². The largest absolute Gasteiger partial charge is 0.356 e. The summed E-state index contributed by atoms with van der Waals surface area (Å²) in [6, 6.07) is 0.297. The van der Waals surface area contributed by atoms with Crippen molar-refractivity contribution in [2.24, 2.45) is 23.4 Å². The minimum Gasteiger partial charge on any atom is -0.356 e. The predicted molar refractivity (Wildman–Crippen MR) is 104 cm³/mol. The number of rotatable bonds is 7. The Kier molecular flexibility index (Phi) is 7.30. The highest BCUT2D eigenvalue weighted by Crippen LogP contribution is 2.24. The number of aliphatic imine (C=N–C) groups is 1. The second-order valence-corrected chi connectivity index (χ2v) is 8.21. The van der Waals surface area contributed by atoms with Crippen LogP contribution in [0.15, 0.2) is 4.99 Å². The van der Waals surface area contributed by atoms with E-state index in [0.717, 1.165) is 24.6 Å². The molecule has 0 aliphatic rings. The van der Waals surface area contributed by atoms with Crippen molar-refractivity contribution in [1.29, 1.82) is 0 Å². The first-order chi connectivity index (χ1) is 11.1. The normalized spacial score (nSPS) is 14.2. The van der Waals surface area contributed by atoms with E-state index in [4.69, 9.17) is 0 Å². The van der Waals surface area contributed by atoms with Crippen molar-refractivity contribution < 1.29 is 0 Å². The molecular weight excluding hydrogens is 298 g/mol. The molecule has 1 unspecified atom stereocenters. The van der Waals surface area contributed by atoms with Crippen molar-refractivity contribution >= 4 is 5.96 Å². The second kappa shape index (κ2) is 8.54. The van der Waals surface area contributed by atoms with Gasteiger partial charge in [0.1, 0.15) is 0 Å². The third kappa shape index (κ3) is 6.17. The molecule has 0 aliphatic carbocycles. The van der Waals surface area contributed by atoms with Gasteiger partial charge in [-0.25, -0.2) is 0 Å². The smallest absolute Gasteiger partial charge is 0.191 e. The summed E-state index contributed by atoms with van der Waals surface area (Å²) in [5.41, 5.74) is 3.94. The van der Waals surface area contributed by atoms with Gasteiger partial charge in [0, 0.05) is 32.4 Å². The average Bonchev–Trinajstić information content (AvgIpc) is 2.68. The number of hydrogen-bond acceptors (Lipinski definition) is 2. The lowest BCUT2D eigenvalue weighted by Gasteiger charge is -2.28. The SMILES string of the molecule is CN=C(NCC(C)(C)CC(C)C)NC(C)Cc1c(C)nn(C)c1C. The summed E-state index contributed by atoms with van der Waals surface area (Å²) in [7, 11) is 3.83. The summed E-state index contributed by atoms with van der Waals surface area (Å²) in [6.45, 7) is 16.5. The van der Waals surface area contributed by atoms with Crippen LogP contribution in [0.4, 0.5) is 0 Å². The van der Waals surface area contributed by atoms with E-state index in [1.54, 1.807) is 0 Å². The summed E-state index contributed by atoms with van der Waals surface area (Å²) in [6.07, 6.45) is 2.14. The minimum atomic E-state index is 0.256. The molecule has 1 aromatic heterocycles. The van der Waals surface area contributed by atoms with Gasteiger partial charge >= 0.3 is 0 Å². The van der Waals surface area contributed by atoms with Crippen LogP contribution in [0.1, 0.15) is 58.0 Å². The Morgan fingerprint density at radius 2 is 1.88 bits per heavy atom. The Labute approximate surface area is 148 Å². The molecule has 0 saturated heterocycles. The number of aromatic nitrogens is 2. The van der Waals surface area contributed by atoms with E-state index >= 15 is 0 Å². The predicted octanol–water partition coefficient (Wildman–Crippen LogP) is 3.21. The van der Waals surface area contributed by atoms with Gasteiger partial charge in [-0.2, -0.15) is 5.10 Å². The molecule has 0 spiro atoms. The third-order valence-corrected chi connectivity index (χ3v) is 4.47. The van der Waals surface area contributed by atoms with Crippen molar-refractivity contribution in [2.75, 3.05) is 13.6 Å². The lowest BCUT2D eigenvalue weighted by Crippen LogP contribution is -2.46. The van der Waals surface area contributed by atoms with E-state index in [-0.39, 0.29) is 5.41 Å². The van der Waals surface area contributed by atoms with E-state index in [0.29, 0.717) is 12.0 Å². The molecule has 5 heteroatoms. The Balaban J connectivity index is 2.59. The molecule has 0 radical (unpaired) electrons. The zero-order chi connectivity index (χ0) is 18.5. The molecule has 0 aromatic carbocycles. The third-order valence-electron chi connectivity index (χ3n) is 4.47. The molecule has 0 bridgehead atoms. The monoisotopic (exact) mass is 335 g/mol. The standard InChI is InChI=1S/C19H37N5/c1-13(2)11-19(6,7)12-21-18(20-8)22-14(3)10-17-15(4)23-24(9)16(17)5/h13-14H,10-12H2,1-9H3,(H2,20,21,22). The topological polar surface area (TPSA) is 54.2 Å². The van der Waals surface area contributed by atoms with Crippen LogP contribution < -0.4 is 10.6 Å². The van der Waals surface area contributed by atoms with Crippen LogP contribution in [0.5, 0.6) is 0 Å². The fourth-order valence-corrected chi connectivity index (χ4v) is 3.40. The second-order valence-electron chi connectivity index (χ2n) is 8.21. The number of nitrogens with zero attached hydrogens (tertiary/aromatic N) is 3. The van der Waals surface area contributed by atoms with Gasteiger partial charge in [-0.1, -0.05) is 27.7 Å². The van der Waals surface area contributed by atoms with Gasteiger partial charge in [0.2, 0.25) is 0 Å². The molecule has 5 nitrogen and oxygen atoms in total. The van der Waals surface area contributed by atoms with E-state index in [1.165, 1.54) is 17.7 Å². The fourth-order valence-electron chi connectivity index (χ4n) is 3.40. The summed E-state index contributed by atoms with van der Waals surface area (Å²) in [5.74, 6) is 1.57. The highest BCUT2D eigenvalue weighted by molar-refractivity contribution is 5.80. The molecule has 0 saturated carbocycles. The van der Waals surface area contributed by atoms with Crippen molar-refractivity contribution in [1.82, 2.24) is 20.4 Å².